The molecule has 0 aromatic heterocycles. The summed E-state index contributed by atoms with van der Waals surface area (Å²) in [6.07, 6.45) is 2.52. The smallest absolute Gasteiger partial charge is 0.0274 e. The standard InChI is InChI=1S/C13H20/c1-10(2)5-7-13-8-6-11(3)9-12(13)4/h6,8-10H,5,7H2,1-4H3. The number of aryl methyl sites for hydroxylation is 3. The van der Waals surface area contributed by atoms with Crippen molar-refractivity contribution in [1.29, 1.82) is 0 Å². The fourth-order valence-corrected chi connectivity index (χ4v) is 1.57. The van der Waals surface area contributed by atoms with E-state index in [1.807, 2.05) is 0 Å². The molecule has 0 N–H and O–H groups in total. The first kappa shape index (κ1) is 10.3. The van der Waals surface area contributed by atoms with Crippen molar-refractivity contribution in [2.75, 3.05) is 0 Å². The molecule has 0 heterocycles. The Hall–Kier alpha value is -0.780. The molecule has 72 valence electrons. The van der Waals surface area contributed by atoms with E-state index < -0.39 is 0 Å². The largest absolute Gasteiger partial charge is 0.0628 e. The third-order valence-corrected chi connectivity index (χ3v) is 2.49. The molecule has 0 aliphatic heterocycles. The number of rotatable bonds is 3. The van der Waals surface area contributed by atoms with Gasteiger partial charge in [-0.15, -0.1) is 0 Å². The Morgan fingerprint density at radius 3 is 2.38 bits per heavy atom. The zero-order valence-corrected chi connectivity index (χ0v) is 9.22. The first-order valence-corrected chi connectivity index (χ1v) is 5.15. The monoisotopic (exact) mass is 176 g/mol. The van der Waals surface area contributed by atoms with Crippen LogP contribution < -0.4 is 0 Å². The molecule has 0 fully saturated rings. The zero-order valence-electron chi connectivity index (χ0n) is 9.22. The van der Waals surface area contributed by atoms with Gasteiger partial charge < -0.3 is 0 Å². The molecule has 0 aliphatic carbocycles. The van der Waals surface area contributed by atoms with Gasteiger partial charge in [-0.25, -0.2) is 0 Å². The zero-order chi connectivity index (χ0) is 9.84. The molecule has 13 heavy (non-hydrogen) atoms. The maximum atomic E-state index is 2.28. The summed E-state index contributed by atoms with van der Waals surface area (Å²) in [5.41, 5.74) is 4.32. The van der Waals surface area contributed by atoms with E-state index in [-0.39, 0.29) is 0 Å². The predicted octanol–water partition coefficient (Wildman–Crippen LogP) is 3.89. The normalized spacial score (nSPS) is 10.8. The van der Waals surface area contributed by atoms with Gasteiger partial charge in [0.1, 0.15) is 0 Å². The van der Waals surface area contributed by atoms with Crippen molar-refractivity contribution >= 4 is 0 Å². The average molecular weight is 176 g/mol. The molecular weight excluding hydrogens is 156 g/mol. The Morgan fingerprint density at radius 2 is 1.85 bits per heavy atom. The molecule has 0 spiro atoms. The predicted molar refractivity (Wildman–Crippen MR) is 59.1 cm³/mol. The van der Waals surface area contributed by atoms with Crippen LogP contribution in [0.2, 0.25) is 0 Å². The minimum absolute atomic E-state index is 0.806. The molecule has 1 aromatic rings. The molecule has 0 radical (unpaired) electrons. The second-order valence-electron chi connectivity index (χ2n) is 4.36. The van der Waals surface area contributed by atoms with E-state index in [0.717, 1.165) is 5.92 Å². The van der Waals surface area contributed by atoms with E-state index in [9.17, 15) is 0 Å². The number of hydrogen-bond acceptors (Lipinski definition) is 0. The van der Waals surface area contributed by atoms with Crippen LogP contribution in [-0.2, 0) is 6.42 Å². The van der Waals surface area contributed by atoms with Crippen LogP contribution in [0.15, 0.2) is 18.2 Å². The van der Waals surface area contributed by atoms with Crippen molar-refractivity contribution in [2.45, 2.75) is 40.5 Å². The Balaban J connectivity index is 2.67. The summed E-state index contributed by atoms with van der Waals surface area (Å²) in [5.74, 6) is 0.806. The minimum atomic E-state index is 0.806. The molecule has 0 saturated carbocycles. The quantitative estimate of drug-likeness (QED) is 0.655. The van der Waals surface area contributed by atoms with Gasteiger partial charge >= 0.3 is 0 Å². The van der Waals surface area contributed by atoms with Gasteiger partial charge in [-0.3, -0.25) is 0 Å². The first-order chi connectivity index (χ1) is 6.09. The first-order valence-electron chi connectivity index (χ1n) is 5.15. The Labute approximate surface area is 82.0 Å². The van der Waals surface area contributed by atoms with Gasteiger partial charge in [-0.05, 0) is 43.7 Å². The second kappa shape index (κ2) is 4.45. The van der Waals surface area contributed by atoms with Gasteiger partial charge in [0.25, 0.3) is 0 Å². The van der Waals surface area contributed by atoms with Gasteiger partial charge in [0.2, 0.25) is 0 Å². The highest BCUT2D eigenvalue weighted by Gasteiger charge is 2.00. The maximum absolute atomic E-state index is 2.28. The summed E-state index contributed by atoms with van der Waals surface area (Å²) in [7, 11) is 0. The lowest BCUT2D eigenvalue weighted by atomic mass is 9.98. The third kappa shape index (κ3) is 3.22. The lowest BCUT2D eigenvalue weighted by molar-refractivity contribution is 0.586. The number of benzene rings is 1. The topological polar surface area (TPSA) is 0 Å². The number of hydrogen-bond donors (Lipinski definition) is 0. The molecule has 1 rings (SSSR count). The summed E-state index contributed by atoms with van der Waals surface area (Å²) in [4.78, 5) is 0. The van der Waals surface area contributed by atoms with Crippen LogP contribution in [0.5, 0.6) is 0 Å². The van der Waals surface area contributed by atoms with E-state index in [0.29, 0.717) is 0 Å². The Kier molecular flexibility index (Phi) is 3.53. The van der Waals surface area contributed by atoms with Crippen LogP contribution in [0.4, 0.5) is 0 Å². The lowest BCUT2D eigenvalue weighted by Crippen LogP contribution is -1.94. The van der Waals surface area contributed by atoms with Crippen LogP contribution in [-0.4, -0.2) is 0 Å². The Bertz CT molecular complexity index is 271. The van der Waals surface area contributed by atoms with Gasteiger partial charge in [0.15, 0.2) is 0 Å². The molecule has 0 saturated heterocycles. The van der Waals surface area contributed by atoms with Crippen molar-refractivity contribution < 1.29 is 0 Å². The SMILES string of the molecule is Cc1ccc(CCC(C)C)c(C)c1. The average Bonchev–Trinajstić information content (AvgIpc) is 2.02. The summed E-state index contributed by atoms with van der Waals surface area (Å²) in [6.45, 7) is 8.93. The van der Waals surface area contributed by atoms with Gasteiger partial charge in [0.05, 0.1) is 0 Å². The maximum Gasteiger partial charge on any atom is -0.0274 e. The molecule has 1 aromatic carbocycles. The highest BCUT2D eigenvalue weighted by atomic mass is 14.1. The van der Waals surface area contributed by atoms with Gasteiger partial charge in [-0.2, -0.15) is 0 Å². The van der Waals surface area contributed by atoms with Gasteiger partial charge in [-0.1, -0.05) is 37.6 Å². The van der Waals surface area contributed by atoms with E-state index in [1.54, 1.807) is 0 Å². The summed E-state index contributed by atoms with van der Waals surface area (Å²) in [6, 6.07) is 6.76. The minimum Gasteiger partial charge on any atom is -0.0628 e. The highest BCUT2D eigenvalue weighted by molar-refractivity contribution is 5.30. The van der Waals surface area contributed by atoms with Crippen LogP contribution in [0.1, 0.15) is 37.0 Å². The molecule has 0 heteroatoms. The summed E-state index contributed by atoms with van der Waals surface area (Å²) < 4.78 is 0. The molecule has 0 atom stereocenters. The van der Waals surface area contributed by atoms with Crippen molar-refractivity contribution in [1.82, 2.24) is 0 Å². The molecule has 0 amide bonds. The highest BCUT2D eigenvalue weighted by Crippen LogP contribution is 2.14. The molecule has 0 bridgehead atoms. The van der Waals surface area contributed by atoms with Crippen molar-refractivity contribution in [2.24, 2.45) is 5.92 Å². The fraction of sp³-hybridized carbons (Fsp3) is 0.538. The van der Waals surface area contributed by atoms with Crippen LogP contribution in [0.25, 0.3) is 0 Å². The molecule has 0 aliphatic rings. The van der Waals surface area contributed by atoms with E-state index in [4.69, 9.17) is 0 Å². The van der Waals surface area contributed by atoms with Crippen LogP contribution in [0.3, 0.4) is 0 Å². The second-order valence-corrected chi connectivity index (χ2v) is 4.36. The summed E-state index contributed by atoms with van der Waals surface area (Å²) >= 11 is 0. The molecular formula is C13H20. The van der Waals surface area contributed by atoms with E-state index in [2.05, 4.69) is 45.9 Å². The van der Waals surface area contributed by atoms with Crippen molar-refractivity contribution in [3.05, 3.63) is 34.9 Å². The fourth-order valence-electron chi connectivity index (χ4n) is 1.57. The molecule has 0 nitrogen and oxygen atoms in total. The van der Waals surface area contributed by atoms with E-state index >= 15 is 0 Å². The molecule has 0 unspecified atom stereocenters. The van der Waals surface area contributed by atoms with Crippen LogP contribution in [0, 0.1) is 19.8 Å². The third-order valence-electron chi connectivity index (χ3n) is 2.49. The van der Waals surface area contributed by atoms with Crippen LogP contribution >= 0.6 is 0 Å². The van der Waals surface area contributed by atoms with Crippen molar-refractivity contribution in [3.8, 4) is 0 Å². The van der Waals surface area contributed by atoms with E-state index in [1.165, 1.54) is 29.5 Å². The van der Waals surface area contributed by atoms with Gasteiger partial charge in [0, 0.05) is 0 Å². The lowest BCUT2D eigenvalue weighted by Gasteiger charge is -2.08. The van der Waals surface area contributed by atoms with Crippen molar-refractivity contribution in [3.63, 3.8) is 0 Å². The Morgan fingerprint density at radius 1 is 1.15 bits per heavy atom. The summed E-state index contributed by atoms with van der Waals surface area (Å²) in [5, 5.41) is 0.